The van der Waals surface area contributed by atoms with Gasteiger partial charge in [-0.05, 0) is 30.5 Å². The normalized spacial score (nSPS) is 9.59. The fourth-order valence-corrected chi connectivity index (χ4v) is 2.75. The van der Waals surface area contributed by atoms with Gasteiger partial charge in [-0.1, -0.05) is 61.9 Å². The van der Waals surface area contributed by atoms with E-state index >= 15 is 0 Å². The van der Waals surface area contributed by atoms with Crippen LogP contribution < -0.4 is 5.32 Å². The van der Waals surface area contributed by atoms with Crippen LogP contribution in [0.1, 0.15) is 32.8 Å². The van der Waals surface area contributed by atoms with Crippen LogP contribution in [0.3, 0.4) is 0 Å². The van der Waals surface area contributed by atoms with Crippen LogP contribution in [-0.4, -0.2) is 54.2 Å². The molecule has 0 fully saturated rings. The summed E-state index contributed by atoms with van der Waals surface area (Å²) < 4.78 is 4.78. The maximum Gasteiger partial charge on any atom is 0.323 e. The number of nitrogens with zero attached hydrogens (tertiary/aromatic N) is 1. The number of fused-ring (bicyclic) bond motifs is 1. The molecule has 0 atom stereocenters. The Morgan fingerprint density at radius 3 is 2.28 bits per heavy atom. The summed E-state index contributed by atoms with van der Waals surface area (Å²) in [6.07, 6.45) is 8.10. The fourth-order valence-electron chi connectivity index (χ4n) is 2.75. The highest BCUT2D eigenvalue weighted by molar-refractivity contribution is 5.83. The van der Waals surface area contributed by atoms with E-state index in [4.69, 9.17) is 9.84 Å². The van der Waals surface area contributed by atoms with Gasteiger partial charge >= 0.3 is 18.0 Å². The van der Waals surface area contributed by atoms with Crippen molar-refractivity contribution in [3.05, 3.63) is 48.0 Å². The summed E-state index contributed by atoms with van der Waals surface area (Å²) in [5, 5.41) is 13.4. The Balaban J connectivity index is 0.000000617. The Bertz CT molecular complexity index is 877. The smallest absolute Gasteiger partial charge is 0.323 e. The first kappa shape index (κ1) is 28.5. The number of nitrogens with one attached hydrogen (secondary N) is 1. The van der Waals surface area contributed by atoms with Crippen LogP contribution in [0, 0.1) is 25.7 Å². The van der Waals surface area contributed by atoms with Crippen molar-refractivity contribution >= 4 is 28.7 Å². The second-order valence-electron chi connectivity index (χ2n) is 7.30. The van der Waals surface area contributed by atoms with E-state index in [1.165, 1.54) is 21.2 Å². The number of benzene rings is 2. The minimum Gasteiger partial charge on any atom is -0.480 e. The molecule has 2 amide bonds. The van der Waals surface area contributed by atoms with Crippen LogP contribution in [0.15, 0.2) is 42.5 Å². The molecule has 7 nitrogen and oxygen atoms in total. The number of hydrogen-bond acceptors (Lipinski definition) is 4. The number of terminal acetylenes is 1. The average Bonchev–Trinajstić information content (AvgIpc) is 2.76. The van der Waals surface area contributed by atoms with Gasteiger partial charge in [0.25, 0.3) is 0 Å². The van der Waals surface area contributed by atoms with Crippen LogP contribution in [0.25, 0.3) is 10.8 Å². The third kappa shape index (κ3) is 12.2. The summed E-state index contributed by atoms with van der Waals surface area (Å²) in [6.45, 7) is 8.22. The van der Waals surface area contributed by atoms with Gasteiger partial charge in [-0.3, -0.25) is 9.59 Å². The molecule has 0 aromatic heterocycles. The zero-order valence-electron chi connectivity index (χ0n) is 19.3. The van der Waals surface area contributed by atoms with Gasteiger partial charge in [0.2, 0.25) is 0 Å². The molecule has 174 valence electrons. The summed E-state index contributed by atoms with van der Waals surface area (Å²) in [5.41, 5.74) is 1.32. The Morgan fingerprint density at radius 2 is 1.72 bits per heavy atom. The van der Waals surface area contributed by atoms with E-state index in [-0.39, 0.29) is 24.9 Å². The minimum atomic E-state index is -1.11. The van der Waals surface area contributed by atoms with E-state index < -0.39 is 18.5 Å². The Labute approximate surface area is 190 Å². The summed E-state index contributed by atoms with van der Waals surface area (Å²) in [7, 11) is 0. The van der Waals surface area contributed by atoms with Gasteiger partial charge in [0.15, 0.2) is 0 Å². The van der Waals surface area contributed by atoms with E-state index in [9.17, 15) is 14.4 Å². The lowest BCUT2D eigenvalue weighted by Crippen LogP contribution is -2.44. The van der Waals surface area contributed by atoms with Crippen molar-refractivity contribution in [1.29, 1.82) is 0 Å². The predicted octanol–water partition coefficient (Wildman–Crippen LogP) is 4.09. The van der Waals surface area contributed by atoms with Gasteiger partial charge in [-0.25, -0.2) is 4.79 Å². The molecule has 32 heavy (non-hydrogen) atoms. The van der Waals surface area contributed by atoms with E-state index in [1.54, 1.807) is 6.92 Å². The average molecular weight is 443 g/mol. The first-order valence-electron chi connectivity index (χ1n) is 10.4. The minimum absolute atomic E-state index is 0.0983. The quantitative estimate of drug-likeness (QED) is 0.474. The molecule has 0 aliphatic carbocycles. The predicted molar refractivity (Wildman–Crippen MR) is 127 cm³/mol. The number of aryl methyl sites for hydroxylation is 1. The highest BCUT2D eigenvalue weighted by Gasteiger charge is 2.17. The monoisotopic (exact) mass is 442 g/mol. The van der Waals surface area contributed by atoms with Gasteiger partial charge in [0.1, 0.15) is 6.54 Å². The number of ether oxygens (including phenoxy) is 1. The van der Waals surface area contributed by atoms with Crippen molar-refractivity contribution in [2.24, 2.45) is 5.92 Å². The van der Waals surface area contributed by atoms with Crippen LogP contribution in [0.5, 0.6) is 0 Å². The number of hydrogen-bond donors (Lipinski definition) is 2. The van der Waals surface area contributed by atoms with Crippen LogP contribution in [-0.2, 0) is 14.3 Å². The standard InChI is InChI=1S/C12H22N2O5.C11H10.C2H2/c1-4-19-11(17)5-6-14(8-9(2)3)12(18)13-7-10(15)16;1-9-6-7-10-4-2-3-5-11(10)8-9;1-2/h9H,4-8H2,1-3H3,(H,13,18)(H,15,16);2-8H,1H3;1-2H. The topological polar surface area (TPSA) is 95.9 Å². The fraction of sp³-hybridized carbons (Fsp3) is 0.400. The maximum absolute atomic E-state index is 11.8. The van der Waals surface area contributed by atoms with E-state index in [1.807, 2.05) is 13.8 Å². The SMILES string of the molecule is C#C.CCOC(=O)CCN(CC(C)C)C(=O)NCC(=O)O.Cc1ccc2ccccc2c1. The number of aliphatic carboxylic acids is 1. The summed E-state index contributed by atoms with van der Waals surface area (Å²) in [5.74, 6) is -1.26. The number of esters is 1. The molecule has 0 spiro atoms. The molecule has 0 radical (unpaired) electrons. The highest BCUT2D eigenvalue weighted by atomic mass is 16.5. The number of carboxylic acids is 1. The second-order valence-corrected chi connectivity index (χ2v) is 7.30. The number of urea groups is 1. The molecule has 2 N–H and O–H groups in total. The summed E-state index contributed by atoms with van der Waals surface area (Å²) in [6, 6.07) is 14.4. The van der Waals surface area contributed by atoms with Gasteiger partial charge in [0, 0.05) is 13.1 Å². The molecule has 2 aromatic rings. The molecular formula is C25H34N2O5. The van der Waals surface area contributed by atoms with Gasteiger partial charge in [-0.15, -0.1) is 12.8 Å². The van der Waals surface area contributed by atoms with Crippen molar-refractivity contribution in [2.75, 3.05) is 26.2 Å². The molecule has 0 bridgehead atoms. The first-order chi connectivity index (χ1) is 15.2. The molecule has 2 aromatic carbocycles. The van der Waals surface area contributed by atoms with Crippen LogP contribution in [0.4, 0.5) is 4.79 Å². The summed E-state index contributed by atoms with van der Waals surface area (Å²) >= 11 is 0. The number of amides is 2. The molecule has 0 aliphatic rings. The van der Waals surface area contributed by atoms with E-state index in [2.05, 4.69) is 67.6 Å². The lowest BCUT2D eigenvalue weighted by Gasteiger charge is -2.24. The molecule has 0 heterocycles. The molecule has 0 saturated heterocycles. The molecule has 7 heteroatoms. The molecule has 0 aliphatic heterocycles. The van der Waals surface area contributed by atoms with E-state index in [0.29, 0.717) is 13.2 Å². The molecule has 0 unspecified atom stereocenters. The van der Waals surface area contributed by atoms with Gasteiger partial charge < -0.3 is 20.1 Å². The molecule has 2 rings (SSSR count). The number of carbonyl (C=O) groups is 3. The van der Waals surface area contributed by atoms with Crippen molar-refractivity contribution in [1.82, 2.24) is 10.2 Å². The Hall–Kier alpha value is -3.53. The largest absolute Gasteiger partial charge is 0.480 e. The third-order valence-corrected chi connectivity index (χ3v) is 4.06. The van der Waals surface area contributed by atoms with Gasteiger partial charge in [-0.2, -0.15) is 0 Å². The van der Waals surface area contributed by atoms with E-state index in [0.717, 1.165) is 0 Å². The molecular weight excluding hydrogens is 408 g/mol. The number of carbonyl (C=O) groups excluding carboxylic acids is 2. The molecule has 0 saturated carbocycles. The summed E-state index contributed by atoms with van der Waals surface area (Å²) in [4.78, 5) is 34.8. The maximum atomic E-state index is 11.8. The van der Waals surface area contributed by atoms with Crippen molar-refractivity contribution in [3.63, 3.8) is 0 Å². The zero-order valence-corrected chi connectivity index (χ0v) is 19.3. The van der Waals surface area contributed by atoms with Crippen molar-refractivity contribution in [2.45, 2.75) is 34.1 Å². The van der Waals surface area contributed by atoms with Crippen molar-refractivity contribution < 1.29 is 24.2 Å². The second kappa shape index (κ2) is 16.2. The lowest BCUT2D eigenvalue weighted by molar-refractivity contribution is -0.143. The number of rotatable bonds is 8. The Morgan fingerprint density at radius 1 is 1.09 bits per heavy atom. The van der Waals surface area contributed by atoms with Crippen LogP contribution >= 0.6 is 0 Å². The van der Waals surface area contributed by atoms with Crippen LogP contribution in [0.2, 0.25) is 0 Å². The van der Waals surface area contributed by atoms with Crippen molar-refractivity contribution in [3.8, 4) is 12.8 Å². The zero-order chi connectivity index (χ0) is 24.5. The third-order valence-electron chi connectivity index (χ3n) is 4.06. The first-order valence-corrected chi connectivity index (χ1v) is 10.4. The van der Waals surface area contributed by atoms with Gasteiger partial charge in [0.05, 0.1) is 13.0 Å². The lowest BCUT2D eigenvalue weighted by atomic mass is 10.1. The highest BCUT2D eigenvalue weighted by Crippen LogP contribution is 2.14. The number of carboxylic acid groups (broad SMARTS) is 1. The Kier molecular flexibility index (Phi) is 14.4.